The Bertz CT molecular complexity index is 680. The molecule has 7 nitrogen and oxygen atoms in total. The molecule has 2 aromatic rings. The van der Waals surface area contributed by atoms with Crippen molar-refractivity contribution in [3.63, 3.8) is 0 Å². The molecule has 1 aromatic heterocycles. The van der Waals surface area contributed by atoms with E-state index in [-0.39, 0.29) is 23.0 Å². The summed E-state index contributed by atoms with van der Waals surface area (Å²) in [4.78, 5) is 3.83. The van der Waals surface area contributed by atoms with Gasteiger partial charge in [-0.05, 0) is 25.0 Å². The molecule has 0 fully saturated rings. The fraction of sp³-hybridized carbons (Fsp3) is 0.273. The first-order valence-electron chi connectivity index (χ1n) is 5.52. The van der Waals surface area contributed by atoms with E-state index in [0.717, 1.165) is 6.39 Å². The Morgan fingerprint density at radius 3 is 2.63 bits per heavy atom. The van der Waals surface area contributed by atoms with Gasteiger partial charge in [0.05, 0.1) is 12.2 Å². The van der Waals surface area contributed by atoms with Crippen molar-refractivity contribution >= 4 is 15.7 Å². The van der Waals surface area contributed by atoms with Crippen LogP contribution in [-0.4, -0.2) is 18.6 Å². The van der Waals surface area contributed by atoms with Gasteiger partial charge in [-0.3, -0.25) is 0 Å². The number of sulfonamides is 1. The number of anilines is 1. The minimum atomic E-state index is -3.72. The Hall–Kier alpha value is -1.93. The Morgan fingerprint density at radius 1 is 1.32 bits per heavy atom. The van der Waals surface area contributed by atoms with Crippen molar-refractivity contribution in [1.82, 2.24) is 14.9 Å². The summed E-state index contributed by atoms with van der Waals surface area (Å²) < 4.78 is 31.4. The molecular weight excluding hydrogens is 268 g/mol. The maximum atomic E-state index is 12.2. The Balaban J connectivity index is 2.32. The molecule has 19 heavy (non-hydrogen) atoms. The second-order valence-corrected chi connectivity index (χ2v) is 5.82. The van der Waals surface area contributed by atoms with E-state index in [1.165, 1.54) is 0 Å². The number of aromatic nitrogens is 2. The minimum absolute atomic E-state index is 0.0499. The molecule has 0 unspecified atom stereocenters. The predicted molar refractivity (Wildman–Crippen MR) is 68.7 cm³/mol. The molecule has 0 atom stereocenters. The van der Waals surface area contributed by atoms with Gasteiger partial charge in [-0.15, -0.1) is 0 Å². The lowest BCUT2D eigenvalue weighted by Gasteiger charge is -2.12. The van der Waals surface area contributed by atoms with Crippen molar-refractivity contribution in [1.29, 1.82) is 0 Å². The van der Waals surface area contributed by atoms with Crippen LogP contribution in [0.15, 0.2) is 27.9 Å². The van der Waals surface area contributed by atoms with Crippen LogP contribution in [0.5, 0.6) is 0 Å². The summed E-state index contributed by atoms with van der Waals surface area (Å²) in [5.41, 5.74) is 7.40. The van der Waals surface area contributed by atoms with Crippen LogP contribution in [0.4, 0.5) is 5.69 Å². The second-order valence-electron chi connectivity index (χ2n) is 4.11. The van der Waals surface area contributed by atoms with E-state index in [1.54, 1.807) is 26.0 Å². The molecule has 2 rings (SSSR count). The molecule has 0 bridgehead atoms. The SMILES string of the molecule is Cc1ccc(C)c(S(=O)(=O)NCc2ncon2)c1N. The van der Waals surface area contributed by atoms with Gasteiger partial charge in [0.25, 0.3) is 0 Å². The summed E-state index contributed by atoms with van der Waals surface area (Å²) in [6.07, 6.45) is 1.13. The molecule has 8 heteroatoms. The molecule has 0 spiro atoms. The highest BCUT2D eigenvalue weighted by molar-refractivity contribution is 7.89. The predicted octanol–water partition coefficient (Wildman–Crippen LogP) is 0.747. The molecule has 0 saturated carbocycles. The van der Waals surface area contributed by atoms with E-state index in [4.69, 9.17) is 5.73 Å². The number of aryl methyl sites for hydroxylation is 2. The number of nitrogens with two attached hydrogens (primary N) is 1. The van der Waals surface area contributed by atoms with Crippen LogP contribution in [0.3, 0.4) is 0 Å². The molecule has 0 saturated heterocycles. The highest BCUT2D eigenvalue weighted by Crippen LogP contribution is 2.25. The van der Waals surface area contributed by atoms with Crippen LogP contribution in [-0.2, 0) is 16.6 Å². The van der Waals surface area contributed by atoms with Crippen molar-refractivity contribution < 1.29 is 12.9 Å². The monoisotopic (exact) mass is 282 g/mol. The lowest BCUT2D eigenvalue weighted by molar-refractivity contribution is 0.409. The van der Waals surface area contributed by atoms with Gasteiger partial charge in [0.1, 0.15) is 4.90 Å². The second kappa shape index (κ2) is 4.98. The lowest BCUT2D eigenvalue weighted by atomic mass is 10.1. The van der Waals surface area contributed by atoms with Gasteiger partial charge >= 0.3 is 0 Å². The van der Waals surface area contributed by atoms with Crippen LogP contribution < -0.4 is 10.5 Å². The summed E-state index contributed by atoms with van der Waals surface area (Å²) in [6.45, 7) is 3.40. The molecule has 1 heterocycles. The first-order chi connectivity index (χ1) is 8.92. The topological polar surface area (TPSA) is 111 Å². The van der Waals surface area contributed by atoms with Crippen LogP contribution in [0.1, 0.15) is 17.0 Å². The smallest absolute Gasteiger partial charge is 0.243 e. The Kier molecular flexibility index (Phi) is 3.54. The van der Waals surface area contributed by atoms with Crippen molar-refractivity contribution in [2.45, 2.75) is 25.3 Å². The molecule has 0 amide bonds. The zero-order chi connectivity index (χ0) is 14.0. The number of hydrogen-bond acceptors (Lipinski definition) is 6. The Morgan fingerprint density at radius 2 is 2.00 bits per heavy atom. The number of rotatable bonds is 4. The van der Waals surface area contributed by atoms with E-state index in [0.29, 0.717) is 11.1 Å². The van der Waals surface area contributed by atoms with Crippen LogP contribution in [0.25, 0.3) is 0 Å². The molecule has 0 aliphatic heterocycles. The van der Waals surface area contributed by atoms with Crippen LogP contribution in [0.2, 0.25) is 0 Å². The summed E-state index contributed by atoms with van der Waals surface area (Å²) in [5.74, 6) is 0.257. The van der Waals surface area contributed by atoms with Gasteiger partial charge in [0.2, 0.25) is 16.4 Å². The third kappa shape index (κ3) is 2.74. The fourth-order valence-electron chi connectivity index (χ4n) is 1.67. The van der Waals surface area contributed by atoms with E-state index in [1.807, 2.05) is 0 Å². The van der Waals surface area contributed by atoms with Gasteiger partial charge in [-0.1, -0.05) is 17.3 Å². The molecule has 0 aliphatic rings. The largest absolute Gasteiger partial charge is 0.397 e. The maximum absolute atomic E-state index is 12.2. The normalized spacial score (nSPS) is 11.7. The van der Waals surface area contributed by atoms with Gasteiger partial charge in [0.15, 0.2) is 5.82 Å². The zero-order valence-electron chi connectivity index (χ0n) is 10.5. The minimum Gasteiger partial charge on any atom is -0.397 e. The third-order valence-corrected chi connectivity index (χ3v) is 4.31. The lowest BCUT2D eigenvalue weighted by Crippen LogP contribution is -2.25. The molecule has 1 aromatic carbocycles. The number of benzene rings is 1. The van der Waals surface area contributed by atoms with Gasteiger partial charge in [-0.2, -0.15) is 4.98 Å². The zero-order valence-corrected chi connectivity index (χ0v) is 11.4. The van der Waals surface area contributed by atoms with Crippen molar-refractivity contribution in [2.75, 3.05) is 5.73 Å². The highest BCUT2D eigenvalue weighted by Gasteiger charge is 2.21. The van der Waals surface area contributed by atoms with E-state index in [9.17, 15) is 8.42 Å². The molecule has 3 N–H and O–H groups in total. The first-order valence-corrected chi connectivity index (χ1v) is 7.00. The van der Waals surface area contributed by atoms with E-state index < -0.39 is 10.0 Å². The average molecular weight is 282 g/mol. The van der Waals surface area contributed by atoms with E-state index >= 15 is 0 Å². The summed E-state index contributed by atoms with van der Waals surface area (Å²) in [6, 6.07) is 3.50. The quantitative estimate of drug-likeness (QED) is 0.800. The molecular formula is C11H14N4O3S. The summed E-state index contributed by atoms with van der Waals surface area (Å²) >= 11 is 0. The molecule has 0 aliphatic carbocycles. The van der Waals surface area contributed by atoms with Gasteiger partial charge in [-0.25, -0.2) is 13.1 Å². The summed E-state index contributed by atoms with van der Waals surface area (Å²) in [5, 5.41) is 3.53. The van der Waals surface area contributed by atoms with Crippen molar-refractivity contribution in [3.8, 4) is 0 Å². The van der Waals surface area contributed by atoms with Crippen molar-refractivity contribution in [2.24, 2.45) is 0 Å². The standard InChI is InChI=1S/C11H14N4O3S/c1-7-3-4-8(2)11(10(7)12)19(16,17)14-5-9-13-6-18-15-9/h3-4,6,14H,5,12H2,1-2H3. The number of nitrogen functional groups attached to an aromatic ring is 1. The first kappa shape index (κ1) is 13.5. The molecule has 102 valence electrons. The summed E-state index contributed by atoms with van der Waals surface area (Å²) in [7, 11) is -3.72. The highest BCUT2D eigenvalue weighted by atomic mass is 32.2. The van der Waals surface area contributed by atoms with Crippen molar-refractivity contribution in [3.05, 3.63) is 35.5 Å². The van der Waals surface area contributed by atoms with Gasteiger partial charge < -0.3 is 10.3 Å². The number of nitrogens with one attached hydrogen (secondary N) is 1. The van der Waals surface area contributed by atoms with Crippen LogP contribution in [0, 0.1) is 13.8 Å². The average Bonchev–Trinajstić information content (AvgIpc) is 2.85. The van der Waals surface area contributed by atoms with Gasteiger partial charge in [0, 0.05) is 0 Å². The Labute approximate surface area is 110 Å². The van der Waals surface area contributed by atoms with E-state index in [2.05, 4.69) is 19.4 Å². The number of nitrogens with zero attached hydrogens (tertiary/aromatic N) is 2. The maximum Gasteiger partial charge on any atom is 0.243 e. The third-order valence-electron chi connectivity index (χ3n) is 2.71. The molecule has 0 radical (unpaired) electrons. The number of hydrogen-bond donors (Lipinski definition) is 2. The van der Waals surface area contributed by atoms with Crippen LogP contribution >= 0.6 is 0 Å². The fourth-order valence-corrected chi connectivity index (χ4v) is 3.07.